The Morgan fingerprint density at radius 1 is 1.04 bits per heavy atom. The molecule has 2 amide bonds. The average Bonchev–Trinajstić information content (AvgIpc) is 2.62. The van der Waals surface area contributed by atoms with Crippen LogP contribution in [0.2, 0.25) is 0 Å². The number of rotatable bonds is 6. The number of carbonyl (C=O) groups excluding carboxylic acids is 2. The van der Waals surface area contributed by atoms with E-state index < -0.39 is 0 Å². The van der Waals surface area contributed by atoms with Crippen molar-refractivity contribution >= 4 is 41.8 Å². The van der Waals surface area contributed by atoms with E-state index in [0.717, 1.165) is 11.3 Å². The van der Waals surface area contributed by atoms with Gasteiger partial charge in [-0.25, -0.2) is 5.43 Å². The van der Waals surface area contributed by atoms with E-state index in [2.05, 4.69) is 15.8 Å². The zero-order valence-electron chi connectivity index (χ0n) is 15.0. The van der Waals surface area contributed by atoms with E-state index in [9.17, 15) is 9.59 Å². The Hall–Kier alpha value is -2.86. The highest BCUT2D eigenvalue weighted by atomic mass is 35.5. The van der Waals surface area contributed by atoms with Gasteiger partial charge in [0, 0.05) is 37.5 Å². The van der Waals surface area contributed by atoms with E-state index in [1.807, 2.05) is 43.3 Å². The molecule has 2 N–H and O–H groups in total. The summed E-state index contributed by atoms with van der Waals surface area (Å²) in [7, 11) is 3.95. The normalized spacial score (nSPS) is 10.1. The molecule has 0 saturated carbocycles. The van der Waals surface area contributed by atoms with Gasteiger partial charge < -0.3 is 10.2 Å². The molecule has 0 atom stereocenters. The first kappa shape index (κ1) is 21.2. The lowest BCUT2D eigenvalue weighted by atomic mass is 10.2. The number of hydrogen-bond donors (Lipinski definition) is 2. The highest BCUT2D eigenvalue weighted by molar-refractivity contribution is 5.96. The monoisotopic (exact) mass is 374 g/mol. The number of amides is 2. The minimum atomic E-state index is -0.311. The maximum Gasteiger partial charge on any atom is 0.271 e. The van der Waals surface area contributed by atoms with Crippen molar-refractivity contribution in [2.24, 2.45) is 5.10 Å². The topological polar surface area (TPSA) is 73.8 Å². The molecule has 2 aromatic rings. The first-order chi connectivity index (χ1) is 12.0. The van der Waals surface area contributed by atoms with E-state index in [-0.39, 0.29) is 24.2 Å². The average molecular weight is 375 g/mol. The predicted molar refractivity (Wildman–Crippen MR) is 108 cm³/mol. The molecular formula is C19H23ClN4O2. The van der Waals surface area contributed by atoms with E-state index >= 15 is 0 Å². The van der Waals surface area contributed by atoms with Gasteiger partial charge in [-0.05, 0) is 42.0 Å². The first-order valence-corrected chi connectivity index (χ1v) is 8.00. The van der Waals surface area contributed by atoms with Gasteiger partial charge in [0.15, 0.2) is 0 Å². The molecule has 0 aliphatic carbocycles. The lowest BCUT2D eigenvalue weighted by Gasteiger charge is -2.11. The molecule has 2 rings (SSSR count). The molecule has 0 heterocycles. The molecule has 0 unspecified atom stereocenters. The molecule has 0 spiro atoms. The second kappa shape index (κ2) is 10.2. The van der Waals surface area contributed by atoms with Crippen LogP contribution >= 0.6 is 12.4 Å². The van der Waals surface area contributed by atoms with Crippen LogP contribution in [0.5, 0.6) is 0 Å². The van der Waals surface area contributed by atoms with Gasteiger partial charge >= 0.3 is 0 Å². The molecule has 2 aromatic carbocycles. The van der Waals surface area contributed by atoms with Crippen LogP contribution in [-0.2, 0) is 4.79 Å². The Labute approximate surface area is 159 Å². The van der Waals surface area contributed by atoms with E-state index in [0.29, 0.717) is 17.7 Å². The molecule has 26 heavy (non-hydrogen) atoms. The molecule has 0 aliphatic heterocycles. The summed E-state index contributed by atoms with van der Waals surface area (Å²) in [4.78, 5) is 25.4. The van der Waals surface area contributed by atoms with Crippen LogP contribution in [0.1, 0.15) is 29.3 Å². The molecule has 0 saturated heterocycles. The van der Waals surface area contributed by atoms with Crippen molar-refractivity contribution < 1.29 is 9.59 Å². The fourth-order valence-electron chi connectivity index (χ4n) is 2.04. The minimum absolute atomic E-state index is 0. The maximum absolute atomic E-state index is 12.0. The Balaban J connectivity index is 0.00000338. The number of nitrogens with zero attached hydrogens (tertiary/aromatic N) is 2. The van der Waals surface area contributed by atoms with Crippen LogP contribution in [0.3, 0.4) is 0 Å². The molecule has 138 valence electrons. The number of nitrogens with one attached hydrogen (secondary N) is 2. The Kier molecular flexibility index (Phi) is 8.31. The zero-order chi connectivity index (χ0) is 18.2. The summed E-state index contributed by atoms with van der Waals surface area (Å²) in [6.45, 7) is 1.78. The van der Waals surface area contributed by atoms with Gasteiger partial charge in [0.2, 0.25) is 5.91 Å². The third kappa shape index (κ3) is 6.22. The fraction of sp³-hybridized carbons (Fsp3) is 0.211. The lowest BCUT2D eigenvalue weighted by molar-refractivity contribution is -0.115. The van der Waals surface area contributed by atoms with Gasteiger partial charge in [-0.2, -0.15) is 5.10 Å². The Morgan fingerprint density at radius 2 is 1.65 bits per heavy atom. The second-order valence-corrected chi connectivity index (χ2v) is 5.66. The quantitative estimate of drug-likeness (QED) is 0.602. The van der Waals surface area contributed by atoms with Crippen molar-refractivity contribution in [1.82, 2.24) is 5.43 Å². The van der Waals surface area contributed by atoms with Gasteiger partial charge in [-0.1, -0.05) is 19.1 Å². The van der Waals surface area contributed by atoms with Gasteiger partial charge in [0.05, 0.1) is 6.21 Å². The standard InChI is InChI=1S/C19H22N4O2.ClH/c1-4-18(24)21-16-9-7-15(8-10-16)19(25)22-20-13-14-5-11-17(12-6-14)23(2)3;/h5-13H,4H2,1-3H3,(H,21,24)(H,22,25);1H. The van der Waals surface area contributed by atoms with Crippen molar-refractivity contribution in [3.05, 3.63) is 59.7 Å². The maximum atomic E-state index is 12.0. The van der Waals surface area contributed by atoms with Crippen molar-refractivity contribution in [1.29, 1.82) is 0 Å². The number of benzene rings is 2. The summed E-state index contributed by atoms with van der Waals surface area (Å²) in [6.07, 6.45) is 2.00. The van der Waals surface area contributed by atoms with Crippen LogP contribution in [0.15, 0.2) is 53.6 Å². The number of hydrogen-bond acceptors (Lipinski definition) is 4. The Morgan fingerprint density at radius 3 is 2.19 bits per heavy atom. The van der Waals surface area contributed by atoms with Crippen molar-refractivity contribution in [2.45, 2.75) is 13.3 Å². The van der Waals surface area contributed by atoms with Gasteiger partial charge in [-0.15, -0.1) is 12.4 Å². The van der Waals surface area contributed by atoms with Crippen LogP contribution in [-0.4, -0.2) is 32.1 Å². The minimum Gasteiger partial charge on any atom is -0.378 e. The molecule has 0 bridgehead atoms. The highest BCUT2D eigenvalue weighted by Gasteiger charge is 2.05. The predicted octanol–water partition coefficient (Wildman–Crippen LogP) is 3.29. The van der Waals surface area contributed by atoms with Gasteiger partial charge in [-0.3, -0.25) is 9.59 Å². The molecule has 6 nitrogen and oxygen atoms in total. The number of hydrazone groups is 1. The van der Waals surface area contributed by atoms with Crippen LogP contribution in [0.25, 0.3) is 0 Å². The van der Waals surface area contributed by atoms with Gasteiger partial charge in [0.1, 0.15) is 0 Å². The number of halogens is 1. The highest BCUT2D eigenvalue weighted by Crippen LogP contribution is 2.11. The molecule has 7 heteroatoms. The third-order valence-corrected chi connectivity index (χ3v) is 3.54. The molecule has 0 radical (unpaired) electrons. The summed E-state index contributed by atoms with van der Waals surface area (Å²) < 4.78 is 0. The van der Waals surface area contributed by atoms with Crippen molar-refractivity contribution in [3.8, 4) is 0 Å². The Bertz CT molecular complexity index is 756. The SMILES string of the molecule is CCC(=O)Nc1ccc(C(=O)NN=Cc2ccc(N(C)C)cc2)cc1.Cl. The largest absolute Gasteiger partial charge is 0.378 e. The molecule has 0 fully saturated rings. The summed E-state index contributed by atoms with van der Waals surface area (Å²) in [6, 6.07) is 14.5. The second-order valence-electron chi connectivity index (χ2n) is 5.66. The summed E-state index contributed by atoms with van der Waals surface area (Å²) in [5.41, 5.74) is 5.60. The molecule has 0 aromatic heterocycles. The smallest absolute Gasteiger partial charge is 0.271 e. The first-order valence-electron chi connectivity index (χ1n) is 8.00. The van der Waals surface area contributed by atoms with Gasteiger partial charge in [0.25, 0.3) is 5.91 Å². The lowest BCUT2D eigenvalue weighted by Crippen LogP contribution is -2.17. The molecule has 0 aliphatic rings. The van der Waals surface area contributed by atoms with Crippen molar-refractivity contribution in [3.63, 3.8) is 0 Å². The summed E-state index contributed by atoms with van der Waals surface area (Å²) >= 11 is 0. The van der Waals surface area contributed by atoms with Crippen molar-refractivity contribution in [2.75, 3.05) is 24.3 Å². The summed E-state index contributed by atoms with van der Waals surface area (Å²) in [5, 5.41) is 6.70. The number of carbonyl (C=O) groups is 2. The van der Waals surface area contributed by atoms with Crippen LogP contribution < -0.4 is 15.6 Å². The van der Waals surface area contributed by atoms with E-state index in [4.69, 9.17) is 0 Å². The zero-order valence-corrected chi connectivity index (χ0v) is 15.8. The van der Waals surface area contributed by atoms with E-state index in [1.165, 1.54) is 0 Å². The van der Waals surface area contributed by atoms with Crippen LogP contribution in [0.4, 0.5) is 11.4 Å². The van der Waals surface area contributed by atoms with Crippen LogP contribution in [0, 0.1) is 0 Å². The fourth-order valence-corrected chi connectivity index (χ4v) is 2.04. The third-order valence-electron chi connectivity index (χ3n) is 3.54. The molecular weight excluding hydrogens is 352 g/mol. The summed E-state index contributed by atoms with van der Waals surface area (Å²) in [5.74, 6) is -0.378. The number of anilines is 2. The van der Waals surface area contributed by atoms with E-state index in [1.54, 1.807) is 37.4 Å².